The number of hydrogen-bond acceptors (Lipinski definition) is 2. The molecule has 0 saturated carbocycles. The predicted octanol–water partition coefficient (Wildman–Crippen LogP) is 3.75. The van der Waals surface area contributed by atoms with E-state index in [1.807, 2.05) is 49.7 Å². The first-order valence-electron chi connectivity index (χ1n) is 8.95. The van der Waals surface area contributed by atoms with Gasteiger partial charge in [-0.05, 0) is 32.0 Å². The molecule has 2 aromatic heterocycles. The number of para-hydroxylation sites is 2. The smallest absolute Gasteiger partial charge is 0.191 e. The Balaban J connectivity index is 1.65. The van der Waals surface area contributed by atoms with Crippen LogP contribution in [-0.2, 0) is 20.1 Å². The number of nitrogens with zero attached hydrogens (tertiary/aromatic N) is 4. The number of halogens is 2. The summed E-state index contributed by atoms with van der Waals surface area (Å²) in [5, 5.41) is 7.72. The number of benzene rings is 1. The summed E-state index contributed by atoms with van der Waals surface area (Å²) in [4.78, 5) is 9.24. The first kappa shape index (κ1) is 19.6. The minimum Gasteiger partial charge on any atom is -0.357 e. The van der Waals surface area contributed by atoms with Crippen molar-refractivity contribution < 1.29 is 0 Å². The second kappa shape index (κ2) is 8.67. The summed E-state index contributed by atoms with van der Waals surface area (Å²) in [6, 6.07) is 10.0. The van der Waals surface area contributed by atoms with Crippen molar-refractivity contribution in [2.45, 2.75) is 26.9 Å². The standard InChI is InChI=1S/C19H24Cl2N6/c1-4-22-19(24-12-14-11-15(20)18(21)26(14)3)23-9-10-27-13(2)25-16-7-5-6-8-17(16)27/h5-8,11H,4,9-10,12H2,1-3H3,(H2,22,23,24). The molecule has 3 rings (SSSR count). The molecular weight excluding hydrogens is 383 g/mol. The molecule has 1 aromatic carbocycles. The molecule has 144 valence electrons. The second-order valence-corrected chi connectivity index (χ2v) is 7.02. The minimum absolute atomic E-state index is 0.491. The van der Waals surface area contributed by atoms with Gasteiger partial charge in [0.15, 0.2) is 5.96 Å². The van der Waals surface area contributed by atoms with Crippen molar-refractivity contribution in [3.63, 3.8) is 0 Å². The molecule has 2 N–H and O–H groups in total. The highest BCUT2D eigenvalue weighted by Crippen LogP contribution is 2.25. The van der Waals surface area contributed by atoms with Crippen LogP contribution in [0.25, 0.3) is 11.0 Å². The lowest BCUT2D eigenvalue weighted by atomic mass is 10.3. The van der Waals surface area contributed by atoms with Crippen LogP contribution in [0, 0.1) is 6.92 Å². The number of nitrogens with one attached hydrogen (secondary N) is 2. The maximum absolute atomic E-state index is 6.12. The van der Waals surface area contributed by atoms with E-state index >= 15 is 0 Å². The number of fused-ring (bicyclic) bond motifs is 1. The molecule has 0 bridgehead atoms. The first-order valence-corrected chi connectivity index (χ1v) is 9.70. The zero-order valence-electron chi connectivity index (χ0n) is 15.8. The van der Waals surface area contributed by atoms with Crippen molar-refractivity contribution in [3.8, 4) is 0 Å². The van der Waals surface area contributed by atoms with E-state index in [0.717, 1.165) is 48.1 Å². The third kappa shape index (κ3) is 4.39. The van der Waals surface area contributed by atoms with Gasteiger partial charge in [0.25, 0.3) is 0 Å². The summed E-state index contributed by atoms with van der Waals surface area (Å²) < 4.78 is 4.06. The van der Waals surface area contributed by atoms with Crippen molar-refractivity contribution >= 4 is 40.2 Å². The molecule has 0 radical (unpaired) electrons. The largest absolute Gasteiger partial charge is 0.357 e. The van der Waals surface area contributed by atoms with Gasteiger partial charge in [0.2, 0.25) is 0 Å². The maximum atomic E-state index is 6.12. The minimum atomic E-state index is 0.491. The van der Waals surface area contributed by atoms with Gasteiger partial charge in [-0.15, -0.1) is 0 Å². The van der Waals surface area contributed by atoms with Crippen molar-refractivity contribution in [1.29, 1.82) is 0 Å². The molecule has 0 aliphatic carbocycles. The van der Waals surface area contributed by atoms with E-state index in [0.29, 0.717) is 16.7 Å². The lowest BCUT2D eigenvalue weighted by Gasteiger charge is -2.13. The van der Waals surface area contributed by atoms with Crippen molar-refractivity contribution in [2.24, 2.45) is 12.0 Å². The van der Waals surface area contributed by atoms with Crippen molar-refractivity contribution in [1.82, 2.24) is 24.8 Å². The molecule has 0 amide bonds. The Morgan fingerprint density at radius 3 is 2.70 bits per heavy atom. The SMILES string of the molecule is CCNC(=NCc1cc(Cl)c(Cl)n1C)NCCn1c(C)nc2ccccc21. The quantitative estimate of drug-likeness (QED) is 0.484. The number of guanidine groups is 1. The van der Waals surface area contributed by atoms with Gasteiger partial charge >= 0.3 is 0 Å². The van der Waals surface area contributed by atoms with Gasteiger partial charge in [-0.3, -0.25) is 0 Å². The Kier molecular flexibility index (Phi) is 6.29. The fourth-order valence-electron chi connectivity index (χ4n) is 3.01. The fraction of sp³-hybridized carbons (Fsp3) is 0.368. The number of imidazole rings is 1. The van der Waals surface area contributed by atoms with Crippen LogP contribution in [0.4, 0.5) is 0 Å². The normalized spacial score (nSPS) is 12.0. The number of aliphatic imine (C=N–C) groups is 1. The van der Waals surface area contributed by atoms with E-state index in [1.165, 1.54) is 0 Å². The van der Waals surface area contributed by atoms with Gasteiger partial charge < -0.3 is 19.8 Å². The van der Waals surface area contributed by atoms with Crippen molar-refractivity contribution in [2.75, 3.05) is 13.1 Å². The zero-order valence-corrected chi connectivity index (χ0v) is 17.3. The summed E-state index contributed by atoms with van der Waals surface area (Å²) in [7, 11) is 1.88. The van der Waals surface area contributed by atoms with E-state index < -0.39 is 0 Å². The molecule has 3 aromatic rings. The molecule has 0 spiro atoms. The molecule has 0 unspecified atom stereocenters. The number of aromatic nitrogens is 3. The third-order valence-corrected chi connectivity index (χ3v) is 5.27. The van der Waals surface area contributed by atoms with Gasteiger partial charge in [-0.1, -0.05) is 35.3 Å². The molecule has 0 aliphatic heterocycles. The Hall–Kier alpha value is -2.18. The molecule has 2 heterocycles. The number of aryl methyl sites for hydroxylation is 1. The molecule has 0 aliphatic rings. The molecule has 0 saturated heterocycles. The maximum Gasteiger partial charge on any atom is 0.191 e. The molecule has 0 atom stereocenters. The topological polar surface area (TPSA) is 59.2 Å². The Bertz CT molecular complexity index is 957. The second-order valence-electron chi connectivity index (χ2n) is 6.25. The average molecular weight is 407 g/mol. The van der Waals surface area contributed by atoms with Crippen LogP contribution in [0.3, 0.4) is 0 Å². The Morgan fingerprint density at radius 1 is 1.22 bits per heavy atom. The summed E-state index contributed by atoms with van der Waals surface area (Å²) >= 11 is 12.2. The third-order valence-electron chi connectivity index (χ3n) is 4.43. The van der Waals surface area contributed by atoms with E-state index in [1.54, 1.807) is 0 Å². The van der Waals surface area contributed by atoms with Crippen LogP contribution in [0.5, 0.6) is 0 Å². The van der Waals surface area contributed by atoms with E-state index in [2.05, 4.69) is 31.2 Å². The zero-order chi connectivity index (χ0) is 19.4. The number of rotatable bonds is 6. The number of hydrogen-bond donors (Lipinski definition) is 2. The van der Waals surface area contributed by atoms with Crippen LogP contribution in [0.1, 0.15) is 18.4 Å². The van der Waals surface area contributed by atoms with Gasteiger partial charge in [-0.25, -0.2) is 9.98 Å². The fourth-order valence-corrected chi connectivity index (χ4v) is 3.42. The Labute approximate surface area is 169 Å². The molecule has 8 heteroatoms. The summed E-state index contributed by atoms with van der Waals surface area (Å²) in [6.07, 6.45) is 0. The lowest BCUT2D eigenvalue weighted by Crippen LogP contribution is -2.39. The van der Waals surface area contributed by atoms with E-state index in [9.17, 15) is 0 Å². The Morgan fingerprint density at radius 2 is 2.00 bits per heavy atom. The molecule has 0 fully saturated rings. The summed E-state index contributed by atoms with van der Waals surface area (Å²) in [5.74, 6) is 1.76. The average Bonchev–Trinajstić information content (AvgIpc) is 3.10. The highest BCUT2D eigenvalue weighted by molar-refractivity contribution is 6.41. The highest BCUT2D eigenvalue weighted by Gasteiger charge is 2.09. The predicted molar refractivity (Wildman–Crippen MR) is 113 cm³/mol. The first-order chi connectivity index (χ1) is 13.0. The van der Waals surface area contributed by atoms with Crippen LogP contribution in [0.2, 0.25) is 10.2 Å². The van der Waals surface area contributed by atoms with E-state index in [4.69, 9.17) is 23.2 Å². The van der Waals surface area contributed by atoms with E-state index in [-0.39, 0.29) is 0 Å². The lowest BCUT2D eigenvalue weighted by molar-refractivity contribution is 0.659. The van der Waals surface area contributed by atoms with Crippen LogP contribution >= 0.6 is 23.2 Å². The van der Waals surface area contributed by atoms with Crippen LogP contribution < -0.4 is 10.6 Å². The monoisotopic (exact) mass is 406 g/mol. The molecule has 27 heavy (non-hydrogen) atoms. The van der Waals surface area contributed by atoms with Gasteiger partial charge in [0, 0.05) is 32.4 Å². The van der Waals surface area contributed by atoms with Crippen LogP contribution in [-0.4, -0.2) is 33.2 Å². The van der Waals surface area contributed by atoms with Gasteiger partial charge in [0.1, 0.15) is 11.0 Å². The van der Waals surface area contributed by atoms with Gasteiger partial charge in [-0.2, -0.15) is 0 Å². The highest BCUT2D eigenvalue weighted by atomic mass is 35.5. The van der Waals surface area contributed by atoms with Crippen molar-refractivity contribution in [3.05, 3.63) is 52.0 Å². The molecule has 6 nitrogen and oxygen atoms in total. The van der Waals surface area contributed by atoms with Crippen LogP contribution in [0.15, 0.2) is 35.3 Å². The molecular formula is C19H24Cl2N6. The summed E-state index contributed by atoms with van der Waals surface area (Å²) in [6.45, 7) is 6.89. The summed E-state index contributed by atoms with van der Waals surface area (Å²) in [5.41, 5.74) is 3.12. The van der Waals surface area contributed by atoms with Gasteiger partial charge in [0.05, 0.1) is 22.6 Å².